The zero-order valence-corrected chi connectivity index (χ0v) is 41.2. The van der Waals surface area contributed by atoms with Crippen LogP contribution in [0.2, 0.25) is 0 Å². The van der Waals surface area contributed by atoms with E-state index in [1.54, 1.807) is 0 Å². The number of hydrogen-bond acceptors (Lipinski definition) is 17. The highest BCUT2D eigenvalue weighted by Gasteiger charge is 2.70. The third-order valence-corrected chi connectivity index (χ3v) is 19.3. The van der Waals surface area contributed by atoms with Crippen LogP contribution in [0.3, 0.4) is 0 Å². The number of carboxylic acids is 1. The molecule has 18 heteroatoms. The SMILES string of the molecule is CC(=O)O[C@H]1[C@H](O)[C@@H](O[C@H]2[C@H](O)[C@@H](O[C@@H]3[C@@H](O[C@H]4CC[C@@]5(C)[C@@H](CC[C@]6(C)[C@@H]5CC=C5[C@H]7CC(C)(C)CC[C@@]7(C(=O)O)CC[C@]56C)[C@]4(C)CO)OC[C@H](O)[C@H]3O)O[C@@H](C)[C@@H]2O)OC[C@@H]1OC(C)=O. The normalized spacial score (nSPS) is 51.1. The van der Waals surface area contributed by atoms with Crippen molar-refractivity contribution in [1.29, 1.82) is 0 Å². The van der Waals surface area contributed by atoms with E-state index in [1.165, 1.54) is 12.5 Å². The lowest BCUT2D eigenvalue weighted by molar-refractivity contribution is -0.379. The lowest BCUT2D eigenvalue weighted by atomic mass is 9.33. The number of carboxylic acid groups (broad SMARTS) is 1. The number of esters is 2. The van der Waals surface area contributed by atoms with E-state index in [9.17, 15) is 50.1 Å². The Morgan fingerprint density at radius 2 is 1.35 bits per heavy atom. The summed E-state index contributed by atoms with van der Waals surface area (Å²) >= 11 is 0. The van der Waals surface area contributed by atoms with Crippen molar-refractivity contribution in [2.24, 2.45) is 50.2 Å². The molecule has 0 spiro atoms. The van der Waals surface area contributed by atoms with Crippen molar-refractivity contribution < 1.29 is 88.0 Å². The summed E-state index contributed by atoms with van der Waals surface area (Å²) in [5.41, 5.74) is -0.641. The van der Waals surface area contributed by atoms with E-state index in [1.807, 2.05) is 6.92 Å². The van der Waals surface area contributed by atoms with Gasteiger partial charge in [0.1, 0.15) is 42.7 Å². The van der Waals surface area contributed by atoms with Crippen LogP contribution in [0.4, 0.5) is 0 Å². The number of fused-ring (bicyclic) bond motifs is 7. The summed E-state index contributed by atoms with van der Waals surface area (Å²) < 4.78 is 47.1. The van der Waals surface area contributed by atoms with E-state index in [4.69, 9.17) is 37.9 Å². The molecule has 68 heavy (non-hydrogen) atoms. The molecule has 7 N–H and O–H groups in total. The Kier molecular flexibility index (Phi) is 14.2. The number of aliphatic carboxylic acids is 1. The first-order valence-corrected chi connectivity index (χ1v) is 24.9. The van der Waals surface area contributed by atoms with E-state index in [-0.39, 0.29) is 59.2 Å². The van der Waals surface area contributed by atoms with Crippen LogP contribution in [0.25, 0.3) is 0 Å². The molecule has 386 valence electrons. The van der Waals surface area contributed by atoms with Gasteiger partial charge in [-0.25, -0.2) is 0 Å². The minimum atomic E-state index is -1.79. The van der Waals surface area contributed by atoms with E-state index in [0.29, 0.717) is 19.3 Å². The standard InChI is InChI=1S/C50H78O18/c1-24-34(55)39(67-41-36(57)38(65-26(3)53)30(22-62-41)64-25(2)52)37(58)42(63-24)68-40-35(56)29(54)21-61-43(40)66-33-13-14-46(6)31(47(33,7)23-51)12-15-49(9)32(46)11-10-27-28-20-45(4,5)16-18-50(28,44(59)60)19-17-48(27,49)8/h10,24,28-43,51,54-58H,11-23H2,1-9H3,(H,59,60)/t24-,28+,29-,30-,31+,32+,33-,34-,35+,36-,37-,38+,39+,40-,41+,42+,43+,46-,47-,48+,49+,50+/m0/s1. The first-order chi connectivity index (χ1) is 31.8. The molecule has 8 aliphatic rings. The topological polar surface area (TPSA) is 267 Å². The molecule has 0 aromatic heterocycles. The number of hydrogen-bond donors (Lipinski definition) is 7. The van der Waals surface area contributed by atoms with Gasteiger partial charge in [-0.3, -0.25) is 14.4 Å². The number of aliphatic hydroxyl groups is 6. The highest BCUT2D eigenvalue weighted by atomic mass is 16.8. The Balaban J connectivity index is 1.00. The van der Waals surface area contributed by atoms with Crippen LogP contribution in [0.15, 0.2) is 11.6 Å². The molecule has 5 aliphatic carbocycles. The maximum absolute atomic E-state index is 13.2. The summed E-state index contributed by atoms with van der Waals surface area (Å²) in [4.78, 5) is 36.8. The second-order valence-electron chi connectivity index (χ2n) is 23.6. The summed E-state index contributed by atoms with van der Waals surface area (Å²) in [5, 5.41) is 78.7. The lowest BCUT2D eigenvalue weighted by Gasteiger charge is -2.71. The van der Waals surface area contributed by atoms with E-state index < -0.39 is 115 Å². The van der Waals surface area contributed by atoms with Crippen LogP contribution < -0.4 is 0 Å². The largest absolute Gasteiger partial charge is 0.481 e. The van der Waals surface area contributed by atoms with Crippen molar-refractivity contribution >= 4 is 17.9 Å². The van der Waals surface area contributed by atoms with Gasteiger partial charge in [0, 0.05) is 19.3 Å². The molecular formula is C50H78O18. The van der Waals surface area contributed by atoms with Crippen molar-refractivity contribution in [3.05, 3.63) is 11.6 Å². The summed E-state index contributed by atoms with van der Waals surface area (Å²) in [6, 6.07) is 0. The van der Waals surface area contributed by atoms with Crippen molar-refractivity contribution in [3.63, 3.8) is 0 Å². The van der Waals surface area contributed by atoms with Crippen LogP contribution in [0.5, 0.6) is 0 Å². The summed E-state index contributed by atoms with van der Waals surface area (Å²) in [6.45, 7) is 16.7. The van der Waals surface area contributed by atoms with Crippen molar-refractivity contribution in [2.75, 3.05) is 19.8 Å². The van der Waals surface area contributed by atoms with Crippen molar-refractivity contribution in [2.45, 2.75) is 213 Å². The molecule has 3 heterocycles. The molecule has 0 bridgehead atoms. The Hall–Kier alpha value is -2.33. The second kappa shape index (κ2) is 18.6. The smallest absolute Gasteiger partial charge is 0.310 e. The molecule has 3 saturated heterocycles. The number of allylic oxidation sites excluding steroid dienone is 2. The van der Waals surface area contributed by atoms with Crippen molar-refractivity contribution in [3.8, 4) is 0 Å². The average molecular weight is 967 g/mol. The van der Waals surface area contributed by atoms with Gasteiger partial charge < -0.3 is 73.6 Å². The maximum Gasteiger partial charge on any atom is 0.310 e. The Morgan fingerprint density at radius 1 is 0.706 bits per heavy atom. The quantitative estimate of drug-likeness (QED) is 0.0942. The van der Waals surface area contributed by atoms with E-state index in [0.717, 1.165) is 58.8 Å². The lowest BCUT2D eigenvalue weighted by Crippen LogP contribution is -2.67. The molecule has 0 amide bonds. The van der Waals surface area contributed by atoms with Gasteiger partial charge in [-0.1, -0.05) is 53.2 Å². The average Bonchev–Trinajstić information content (AvgIpc) is 3.26. The fraction of sp³-hybridized carbons (Fsp3) is 0.900. The van der Waals surface area contributed by atoms with Crippen LogP contribution >= 0.6 is 0 Å². The number of carbonyl (C=O) groups excluding carboxylic acids is 2. The molecule has 0 unspecified atom stereocenters. The van der Waals surface area contributed by atoms with Gasteiger partial charge in [0.2, 0.25) is 0 Å². The number of carbonyl (C=O) groups is 3. The Labute approximate surface area is 399 Å². The van der Waals surface area contributed by atoms with Crippen molar-refractivity contribution in [1.82, 2.24) is 0 Å². The summed E-state index contributed by atoms with van der Waals surface area (Å²) in [5.74, 6) is -1.89. The first-order valence-electron chi connectivity index (χ1n) is 24.9. The van der Waals surface area contributed by atoms with Gasteiger partial charge in [0.25, 0.3) is 0 Å². The van der Waals surface area contributed by atoms with Gasteiger partial charge in [-0.15, -0.1) is 0 Å². The van der Waals surface area contributed by atoms with E-state index in [2.05, 4.69) is 40.7 Å². The molecule has 18 nitrogen and oxygen atoms in total. The Bertz CT molecular complexity index is 1930. The molecule has 22 atom stereocenters. The Morgan fingerprint density at radius 3 is 2.01 bits per heavy atom. The number of rotatable bonds is 10. The monoisotopic (exact) mass is 967 g/mol. The third kappa shape index (κ3) is 8.49. The van der Waals surface area contributed by atoms with Gasteiger partial charge in [-0.05, 0) is 111 Å². The molecule has 0 radical (unpaired) electrons. The van der Waals surface area contributed by atoms with Crippen LogP contribution in [-0.2, 0) is 52.3 Å². The molecular weight excluding hydrogens is 889 g/mol. The van der Waals surface area contributed by atoms with Gasteiger partial charge >= 0.3 is 17.9 Å². The first kappa shape index (κ1) is 52.0. The predicted octanol–water partition coefficient (Wildman–Crippen LogP) is 3.13. The van der Waals surface area contributed by atoms with Gasteiger partial charge in [-0.2, -0.15) is 0 Å². The zero-order valence-electron chi connectivity index (χ0n) is 41.2. The van der Waals surface area contributed by atoms with Crippen LogP contribution in [-0.4, -0.2) is 159 Å². The minimum absolute atomic E-state index is 0.00715. The van der Waals surface area contributed by atoms with Crippen LogP contribution in [0, 0.1) is 50.2 Å². The van der Waals surface area contributed by atoms with Crippen LogP contribution in [0.1, 0.15) is 127 Å². The summed E-state index contributed by atoms with van der Waals surface area (Å²) in [7, 11) is 0. The molecule has 3 aliphatic heterocycles. The molecule has 0 aromatic rings. The molecule has 7 fully saturated rings. The summed E-state index contributed by atoms with van der Waals surface area (Å²) in [6.07, 6.45) is -9.52. The third-order valence-electron chi connectivity index (χ3n) is 19.3. The highest BCUT2D eigenvalue weighted by Crippen LogP contribution is 2.76. The number of ether oxygens (including phenoxy) is 8. The fourth-order valence-corrected chi connectivity index (χ4v) is 15.2. The minimum Gasteiger partial charge on any atom is -0.481 e. The predicted molar refractivity (Wildman–Crippen MR) is 238 cm³/mol. The number of aliphatic hydroxyl groups excluding tert-OH is 6. The second-order valence-corrected chi connectivity index (χ2v) is 23.6. The highest BCUT2D eigenvalue weighted by molar-refractivity contribution is 5.76. The van der Waals surface area contributed by atoms with E-state index >= 15 is 0 Å². The maximum atomic E-state index is 13.2. The van der Waals surface area contributed by atoms with Gasteiger partial charge in [0.15, 0.2) is 31.1 Å². The molecule has 8 rings (SSSR count). The zero-order chi connectivity index (χ0) is 49.7. The molecule has 0 aromatic carbocycles. The fourth-order valence-electron chi connectivity index (χ4n) is 15.2. The molecule has 4 saturated carbocycles. The van der Waals surface area contributed by atoms with Gasteiger partial charge in [0.05, 0.1) is 37.4 Å².